The van der Waals surface area contributed by atoms with Gasteiger partial charge >= 0.3 is 0 Å². The monoisotopic (exact) mass is 265 g/mol. The number of fused-ring (bicyclic) bond motifs is 5. The molecule has 4 rings (SSSR count). The van der Waals surface area contributed by atoms with Gasteiger partial charge in [-0.3, -0.25) is 4.57 Å². The van der Waals surface area contributed by atoms with E-state index in [1.54, 1.807) is 11.8 Å². The van der Waals surface area contributed by atoms with Crippen LogP contribution in [0.3, 0.4) is 0 Å². The second kappa shape index (κ2) is 3.96. The summed E-state index contributed by atoms with van der Waals surface area (Å²) >= 11 is 1.74. The average molecular weight is 265 g/mol. The summed E-state index contributed by atoms with van der Waals surface area (Å²) in [5.74, 6) is 1.80. The van der Waals surface area contributed by atoms with Gasteiger partial charge in [-0.15, -0.1) is 10.2 Å². The highest BCUT2D eigenvalue weighted by Crippen LogP contribution is 2.37. The van der Waals surface area contributed by atoms with E-state index in [4.69, 9.17) is 0 Å². The Labute approximate surface area is 115 Å². The molecule has 0 N–H and O–H groups in total. The summed E-state index contributed by atoms with van der Waals surface area (Å²) in [5.41, 5.74) is 1.16. The van der Waals surface area contributed by atoms with Gasteiger partial charge in [0.1, 0.15) is 5.82 Å². The lowest BCUT2D eigenvalue weighted by atomic mass is 10.1. The number of aromatic nitrogens is 3. The van der Waals surface area contributed by atoms with Gasteiger partial charge < -0.3 is 0 Å². The van der Waals surface area contributed by atoms with E-state index in [0.717, 1.165) is 17.3 Å². The molecule has 0 spiro atoms. The smallest absolute Gasteiger partial charge is 0.161 e. The topological polar surface area (TPSA) is 30.7 Å². The Bertz CT molecular complexity index is 817. The minimum absolute atomic E-state index is 0.888. The van der Waals surface area contributed by atoms with Crippen molar-refractivity contribution < 1.29 is 0 Å². The molecule has 92 valence electrons. The number of rotatable bonds is 0. The minimum Gasteiger partial charge on any atom is -0.279 e. The van der Waals surface area contributed by atoms with Crippen molar-refractivity contribution in [3.8, 4) is 5.69 Å². The molecule has 1 aliphatic heterocycles. The molecule has 0 amide bonds. The van der Waals surface area contributed by atoms with E-state index in [1.165, 1.54) is 15.7 Å². The summed E-state index contributed by atoms with van der Waals surface area (Å²) in [6.45, 7) is 1.99. The highest BCUT2D eigenvalue weighted by molar-refractivity contribution is 8.02. The van der Waals surface area contributed by atoms with Gasteiger partial charge in [0.2, 0.25) is 0 Å². The first kappa shape index (κ1) is 10.8. The van der Waals surface area contributed by atoms with Crippen molar-refractivity contribution in [3.05, 3.63) is 53.5 Å². The van der Waals surface area contributed by atoms with Crippen LogP contribution in [0.5, 0.6) is 0 Å². The zero-order valence-electron chi connectivity index (χ0n) is 10.4. The molecule has 19 heavy (non-hydrogen) atoms. The van der Waals surface area contributed by atoms with Crippen LogP contribution in [0.2, 0.25) is 0 Å². The normalized spacial score (nSPS) is 13.1. The first-order valence-electron chi connectivity index (χ1n) is 6.12. The largest absolute Gasteiger partial charge is 0.279 e. The van der Waals surface area contributed by atoms with Crippen LogP contribution in [-0.2, 0) is 0 Å². The van der Waals surface area contributed by atoms with E-state index in [9.17, 15) is 0 Å². The first-order valence-corrected chi connectivity index (χ1v) is 7.00. The van der Waals surface area contributed by atoms with Gasteiger partial charge in [0.05, 0.1) is 5.69 Å². The zero-order valence-corrected chi connectivity index (χ0v) is 11.2. The van der Waals surface area contributed by atoms with Crippen molar-refractivity contribution in [1.82, 2.24) is 14.8 Å². The van der Waals surface area contributed by atoms with Gasteiger partial charge in [-0.25, -0.2) is 0 Å². The Morgan fingerprint density at radius 3 is 2.89 bits per heavy atom. The summed E-state index contributed by atoms with van der Waals surface area (Å²) < 4.78 is 2.11. The summed E-state index contributed by atoms with van der Waals surface area (Å²) in [7, 11) is 0. The highest BCUT2D eigenvalue weighted by atomic mass is 32.2. The summed E-state index contributed by atoms with van der Waals surface area (Å²) in [6.07, 6.45) is 2.01. The maximum Gasteiger partial charge on any atom is 0.161 e. The van der Waals surface area contributed by atoms with Crippen LogP contribution in [0.1, 0.15) is 11.6 Å². The van der Waals surface area contributed by atoms with Crippen LogP contribution >= 0.6 is 11.8 Å². The Balaban J connectivity index is 2.14. The van der Waals surface area contributed by atoms with Gasteiger partial charge in [-0.2, -0.15) is 0 Å². The summed E-state index contributed by atoms with van der Waals surface area (Å²) in [5, 5.41) is 13.0. The molecule has 0 aliphatic carbocycles. The lowest BCUT2D eigenvalue weighted by molar-refractivity contribution is 0.949. The van der Waals surface area contributed by atoms with Crippen molar-refractivity contribution in [2.24, 2.45) is 0 Å². The number of aryl methyl sites for hydroxylation is 1. The first-order chi connectivity index (χ1) is 9.34. The van der Waals surface area contributed by atoms with Gasteiger partial charge in [0.25, 0.3) is 0 Å². The number of hydrogen-bond donors (Lipinski definition) is 0. The van der Waals surface area contributed by atoms with Crippen molar-refractivity contribution in [2.75, 3.05) is 0 Å². The van der Waals surface area contributed by atoms with Crippen molar-refractivity contribution >= 4 is 28.6 Å². The predicted octanol–water partition coefficient (Wildman–Crippen LogP) is 3.81. The van der Waals surface area contributed by atoms with Gasteiger partial charge in [-0.05, 0) is 35.2 Å². The van der Waals surface area contributed by atoms with E-state index >= 15 is 0 Å². The Morgan fingerprint density at radius 2 is 1.95 bits per heavy atom. The third kappa shape index (κ3) is 1.53. The Kier molecular flexibility index (Phi) is 2.26. The zero-order chi connectivity index (χ0) is 12.8. The third-order valence-corrected chi connectivity index (χ3v) is 4.29. The van der Waals surface area contributed by atoms with Crippen LogP contribution in [0.15, 0.2) is 46.7 Å². The predicted molar refractivity (Wildman–Crippen MR) is 78.5 cm³/mol. The SMILES string of the molecule is Cc1nnc2n1-c1ccc3ccccc3c1SC=C2. The van der Waals surface area contributed by atoms with Gasteiger partial charge in [0, 0.05) is 4.90 Å². The lowest BCUT2D eigenvalue weighted by Crippen LogP contribution is -2.00. The van der Waals surface area contributed by atoms with E-state index in [2.05, 4.69) is 56.6 Å². The van der Waals surface area contributed by atoms with E-state index < -0.39 is 0 Å². The standard InChI is InChI=1S/C15H11N3S/c1-10-16-17-14-8-9-19-15-12-5-3-2-4-11(12)6-7-13(15)18(10)14/h2-9H,1H3. The number of thioether (sulfide) groups is 1. The van der Waals surface area contributed by atoms with Crippen LogP contribution < -0.4 is 0 Å². The average Bonchev–Trinajstić information content (AvgIpc) is 2.70. The molecule has 0 saturated carbocycles. The van der Waals surface area contributed by atoms with E-state index in [1.807, 2.05) is 13.0 Å². The fourth-order valence-corrected chi connectivity index (χ4v) is 3.40. The molecule has 0 unspecified atom stereocenters. The lowest BCUT2D eigenvalue weighted by Gasteiger charge is -2.12. The second-order valence-corrected chi connectivity index (χ2v) is 5.41. The van der Waals surface area contributed by atoms with Crippen LogP contribution in [0.25, 0.3) is 22.5 Å². The molecule has 0 atom stereocenters. The summed E-state index contributed by atoms with van der Waals surface area (Å²) in [4.78, 5) is 1.26. The molecular formula is C15H11N3S. The molecular weight excluding hydrogens is 254 g/mol. The van der Waals surface area contributed by atoms with Crippen molar-refractivity contribution in [2.45, 2.75) is 11.8 Å². The number of nitrogens with zero attached hydrogens (tertiary/aromatic N) is 3. The van der Waals surface area contributed by atoms with Crippen molar-refractivity contribution in [1.29, 1.82) is 0 Å². The molecule has 0 fully saturated rings. The maximum atomic E-state index is 4.21. The fraction of sp³-hybridized carbons (Fsp3) is 0.0667. The quantitative estimate of drug-likeness (QED) is 0.619. The molecule has 0 bridgehead atoms. The molecule has 2 heterocycles. The Morgan fingerprint density at radius 1 is 1.05 bits per heavy atom. The van der Waals surface area contributed by atoms with Crippen LogP contribution in [-0.4, -0.2) is 14.8 Å². The van der Waals surface area contributed by atoms with Crippen LogP contribution in [0, 0.1) is 6.92 Å². The molecule has 1 aromatic heterocycles. The number of benzene rings is 2. The number of hydrogen-bond acceptors (Lipinski definition) is 3. The maximum absolute atomic E-state index is 4.21. The van der Waals surface area contributed by atoms with Crippen molar-refractivity contribution in [3.63, 3.8) is 0 Å². The molecule has 2 aromatic carbocycles. The second-order valence-electron chi connectivity index (χ2n) is 4.50. The van der Waals surface area contributed by atoms with Crippen LogP contribution in [0.4, 0.5) is 0 Å². The highest BCUT2D eigenvalue weighted by Gasteiger charge is 2.16. The van der Waals surface area contributed by atoms with Gasteiger partial charge in [0.15, 0.2) is 5.82 Å². The molecule has 0 saturated heterocycles. The molecule has 0 radical (unpaired) electrons. The molecule has 4 heteroatoms. The van der Waals surface area contributed by atoms with E-state index in [0.29, 0.717) is 0 Å². The minimum atomic E-state index is 0.888. The Hall–Kier alpha value is -2.07. The summed E-state index contributed by atoms with van der Waals surface area (Å²) in [6, 6.07) is 12.8. The fourth-order valence-electron chi connectivity index (χ4n) is 2.48. The van der Waals surface area contributed by atoms with Gasteiger partial charge in [-0.1, -0.05) is 42.1 Å². The molecule has 3 nitrogen and oxygen atoms in total. The van der Waals surface area contributed by atoms with E-state index in [-0.39, 0.29) is 0 Å². The third-order valence-electron chi connectivity index (χ3n) is 3.35. The molecule has 1 aliphatic rings. The molecule has 3 aromatic rings.